The molecular formula is C27H42OSi4. The normalized spacial score (nSPS) is 13.5. The summed E-state index contributed by atoms with van der Waals surface area (Å²) in [6.07, 6.45) is 2.40. The zero-order valence-corrected chi connectivity index (χ0v) is 26.1. The molecule has 0 bridgehead atoms. The molecule has 1 nitrogen and oxygen atoms in total. The molecule has 0 aliphatic rings. The predicted octanol–water partition coefficient (Wildman–Crippen LogP) is 8.02. The summed E-state index contributed by atoms with van der Waals surface area (Å²) in [7, 11) is -4.05. The lowest BCUT2D eigenvalue weighted by atomic mass is 10.0. The number of benzene rings is 2. The van der Waals surface area contributed by atoms with Crippen LogP contribution in [0.25, 0.3) is 17.2 Å². The maximum absolute atomic E-state index is 5.96. The second-order valence-corrected chi connectivity index (χ2v) is 37.6. The van der Waals surface area contributed by atoms with Gasteiger partial charge in [-0.1, -0.05) is 106 Å². The third-order valence-corrected chi connectivity index (χ3v) is 31.2. The van der Waals surface area contributed by atoms with E-state index in [1.165, 1.54) is 16.7 Å². The SMILES string of the molecule is CO[Si](C)(C)/C(=C\c1ccc(-c2ccc(C#C[Si](C)(C)[Si](C)(C)C)cc2)cc1)[Si](C)(C)C. The van der Waals surface area contributed by atoms with E-state index >= 15 is 0 Å². The average Bonchev–Trinajstić information content (AvgIpc) is 2.69. The van der Waals surface area contributed by atoms with Crippen molar-refractivity contribution in [1.82, 2.24) is 0 Å². The highest BCUT2D eigenvalue weighted by atomic mass is 29.3. The Bertz CT molecular complexity index is 1010. The average molecular weight is 495 g/mol. The van der Waals surface area contributed by atoms with Gasteiger partial charge < -0.3 is 4.43 Å². The molecule has 0 spiro atoms. The minimum Gasteiger partial charge on any atom is -0.417 e. The first-order valence-electron chi connectivity index (χ1n) is 11.6. The molecule has 0 saturated heterocycles. The van der Waals surface area contributed by atoms with Crippen molar-refractivity contribution in [2.75, 3.05) is 7.11 Å². The first-order chi connectivity index (χ1) is 14.6. The Balaban J connectivity index is 2.27. The molecule has 0 atom stereocenters. The van der Waals surface area contributed by atoms with Gasteiger partial charge in [0.25, 0.3) is 0 Å². The first kappa shape index (κ1) is 26.8. The van der Waals surface area contributed by atoms with E-state index < -0.39 is 31.6 Å². The topological polar surface area (TPSA) is 9.23 Å². The molecule has 32 heavy (non-hydrogen) atoms. The third-order valence-electron chi connectivity index (χ3n) is 6.80. The van der Waals surface area contributed by atoms with E-state index in [0.717, 1.165) is 5.56 Å². The summed E-state index contributed by atoms with van der Waals surface area (Å²) in [4.78, 5) is 1.56. The zero-order valence-electron chi connectivity index (χ0n) is 22.1. The number of rotatable bonds is 6. The van der Waals surface area contributed by atoms with Crippen LogP contribution in [0.5, 0.6) is 0 Å². The Labute approximate surface area is 201 Å². The van der Waals surface area contributed by atoms with Crippen LogP contribution in [0.4, 0.5) is 0 Å². The third kappa shape index (κ3) is 6.78. The van der Waals surface area contributed by atoms with Crippen LogP contribution in [0.3, 0.4) is 0 Å². The molecule has 0 N–H and O–H groups in total. The van der Waals surface area contributed by atoms with Gasteiger partial charge in [0.05, 0.1) is 15.7 Å². The van der Waals surface area contributed by atoms with Gasteiger partial charge in [0.1, 0.15) is 7.59 Å². The van der Waals surface area contributed by atoms with Gasteiger partial charge in [0.15, 0.2) is 0 Å². The Morgan fingerprint density at radius 3 is 1.59 bits per heavy atom. The zero-order chi connectivity index (χ0) is 24.4. The van der Waals surface area contributed by atoms with Crippen molar-refractivity contribution in [3.8, 4) is 22.6 Å². The molecule has 0 radical (unpaired) electrons. The highest BCUT2D eigenvalue weighted by Crippen LogP contribution is 2.29. The van der Waals surface area contributed by atoms with Crippen LogP contribution >= 0.6 is 0 Å². The van der Waals surface area contributed by atoms with Gasteiger partial charge >= 0.3 is 0 Å². The van der Waals surface area contributed by atoms with Crippen LogP contribution < -0.4 is 0 Å². The van der Waals surface area contributed by atoms with Crippen LogP contribution in [0.1, 0.15) is 11.1 Å². The van der Waals surface area contributed by atoms with Crippen molar-refractivity contribution < 1.29 is 4.43 Å². The molecule has 5 heteroatoms. The van der Waals surface area contributed by atoms with E-state index in [4.69, 9.17) is 4.43 Å². The molecule has 0 saturated carbocycles. The number of hydrogen-bond acceptors (Lipinski definition) is 1. The van der Waals surface area contributed by atoms with Crippen molar-refractivity contribution in [1.29, 1.82) is 0 Å². The van der Waals surface area contributed by atoms with E-state index in [0.29, 0.717) is 0 Å². The van der Waals surface area contributed by atoms with Crippen LogP contribution in [0, 0.1) is 11.5 Å². The molecule has 0 fully saturated rings. The fourth-order valence-corrected chi connectivity index (χ4v) is 14.5. The monoisotopic (exact) mass is 494 g/mol. The Hall–Kier alpha value is -1.43. The predicted molar refractivity (Wildman–Crippen MR) is 155 cm³/mol. The van der Waals surface area contributed by atoms with Gasteiger partial charge in [0, 0.05) is 12.7 Å². The lowest BCUT2D eigenvalue weighted by Gasteiger charge is -2.32. The van der Waals surface area contributed by atoms with Crippen LogP contribution in [-0.2, 0) is 4.43 Å². The van der Waals surface area contributed by atoms with Crippen LogP contribution in [-0.4, -0.2) is 38.7 Å². The summed E-state index contributed by atoms with van der Waals surface area (Å²) in [5.74, 6) is 3.47. The lowest BCUT2D eigenvalue weighted by molar-refractivity contribution is 0.414. The van der Waals surface area contributed by atoms with Crippen LogP contribution in [0.15, 0.2) is 53.4 Å². The minimum atomic E-state index is -1.83. The molecular weight excluding hydrogens is 453 g/mol. The van der Waals surface area contributed by atoms with Crippen molar-refractivity contribution in [3.05, 3.63) is 64.5 Å². The maximum Gasteiger partial charge on any atom is 0.209 e. The van der Waals surface area contributed by atoms with Crippen LogP contribution in [0.2, 0.25) is 65.5 Å². The second kappa shape index (κ2) is 9.82. The maximum atomic E-state index is 5.96. The van der Waals surface area contributed by atoms with E-state index in [2.05, 4.69) is 132 Å². The summed E-state index contributed by atoms with van der Waals surface area (Å²) in [5.41, 5.74) is 8.55. The van der Waals surface area contributed by atoms with Crippen molar-refractivity contribution in [2.45, 2.75) is 65.5 Å². The molecule has 0 unspecified atom stereocenters. The molecule has 2 aromatic carbocycles. The van der Waals surface area contributed by atoms with Gasteiger partial charge in [-0.25, -0.2) is 0 Å². The Kier molecular flexibility index (Phi) is 8.23. The van der Waals surface area contributed by atoms with E-state index in [9.17, 15) is 0 Å². The summed E-state index contributed by atoms with van der Waals surface area (Å²) in [6.45, 7) is 24.0. The van der Waals surface area contributed by atoms with E-state index in [1.807, 2.05) is 7.11 Å². The summed E-state index contributed by atoms with van der Waals surface area (Å²) < 4.78 is 5.96. The second-order valence-electron chi connectivity index (χ2n) is 11.8. The van der Waals surface area contributed by atoms with Crippen molar-refractivity contribution in [2.24, 2.45) is 0 Å². The molecule has 2 aromatic rings. The first-order valence-corrected chi connectivity index (χ1v) is 25.5. The molecule has 0 aliphatic heterocycles. The fraction of sp³-hybridized carbons (Fsp3) is 0.407. The highest BCUT2D eigenvalue weighted by Gasteiger charge is 2.36. The van der Waals surface area contributed by atoms with Crippen molar-refractivity contribution in [3.63, 3.8) is 0 Å². The minimum absolute atomic E-state index is 1.12. The molecule has 0 heterocycles. The van der Waals surface area contributed by atoms with Gasteiger partial charge in [-0.05, 0) is 41.9 Å². The molecule has 0 aliphatic carbocycles. The summed E-state index contributed by atoms with van der Waals surface area (Å²) >= 11 is 0. The van der Waals surface area contributed by atoms with Gasteiger partial charge in [-0.3, -0.25) is 0 Å². The van der Waals surface area contributed by atoms with E-state index in [1.54, 1.807) is 4.82 Å². The molecule has 0 amide bonds. The highest BCUT2D eigenvalue weighted by molar-refractivity contribution is 7.43. The summed E-state index contributed by atoms with van der Waals surface area (Å²) in [6, 6.07) is 17.7. The molecule has 0 aromatic heterocycles. The van der Waals surface area contributed by atoms with E-state index in [-0.39, 0.29) is 0 Å². The van der Waals surface area contributed by atoms with Crippen molar-refractivity contribution >= 4 is 37.7 Å². The standard InChI is InChI=1S/C27H42OSi4/c1-28-32(10,11)27(29(2,3)4)22-24-14-18-26(19-15-24)25-16-12-23(13-17-25)20-21-31(8,9)30(5,6)7/h12-19,22H,1-11H3/b27-22-. The molecule has 172 valence electrons. The Morgan fingerprint density at radius 2 is 1.19 bits per heavy atom. The van der Waals surface area contributed by atoms with Gasteiger partial charge in [0.2, 0.25) is 8.32 Å². The smallest absolute Gasteiger partial charge is 0.209 e. The van der Waals surface area contributed by atoms with Gasteiger partial charge in [-0.15, -0.1) is 5.54 Å². The quantitative estimate of drug-likeness (QED) is 0.292. The Morgan fingerprint density at radius 1 is 0.719 bits per heavy atom. The lowest BCUT2D eigenvalue weighted by Crippen LogP contribution is -2.51. The largest absolute Gasteiger partial charge is 0.417 e. The number of hydrogen-bond donors (Lipinski definition) is 0. The summed E-state index contributed by atoms with van der Waals surface area (Å²) in [5, 5.41) is 0. The molecule has 2 rings (SSSR count). The van der Waals surface area contributed by atoms with Gasteiger partial charge in [-0.2, -0.15) is 0 Å². The fourth-order valence-electron chi connectivity index (χ4n) is 3.50.